The SMILES string of the molecule is Cc1cccc(C)c1C1CCNCC1c1ccccc1Br. The van der Waals surface area contributed by atoms with Crippen LogP contribution < -0.4 is 5.32 Å². The van der Waals surface area contributed by atoms with Crippen LogP contribution in [0, 0.1) is 13.8 Å². The number of halogens is 1. The Bertz CT molecular complexity index is 615. The number of aryl methyl sites for hydroxylation is 2. The van der Waals surface area contributed by atoms with Gasteiger partial charge in [0, 0.05) is 16.9 Å². The van der Waals surface area contributed by atoms with E-state index in [1.54, 1.807) is 5.56 Å². The van der Waals surface area contributed by atoms with Crippen molar-refractivity contribution < 1.29 is 0 Å². The summed E-state index contributed by atoms with van der Waals surface area (Å²) in [6.45, 7) is 6.67. The third-order valence-corrected chi connectivity index (χ3v) is 5.42. The van der Waals surface area contributed by atoms with Gasteiger partial charge in [-0.25, -0.2) is 0 Å². The predicted molar refractivity (Wildman–Crippen MR) is 93.0 cm³/mol. The summed E-state index contributed by atoms with van der Waals surface area (Å²) in [4.78, 5) is 0. The minimum absolute atomic E-state index is 0.536. The second-order valence-corrected chi connectivity index (χ2v) is 6.89. The van der Waals surface area contributed by atoms with Gasteiger partial charge in [0.2, 0.25) is 0 Å². The zero-order chi connectivity index (χ0) is 14.8. The molecule has 110 valence electrons. The molecule has 2 aromatic rings. The number of piperidine rings is 1. The lowest BCUT2D eigenvalue weighted by Gasteiger charge is -2.35. The molecule has 0 bridgehead atoms. The number of rotatable bonds is 2. The summed E-state index contributed by atoms with van der Waals surface area (Å²) >= 11 is 3.74. The van der Waals surface area contributed by atoms with Gasteiger partial charge in [-0.15, -0.1) is 0 Å². The number of hydrogen-bond acceptors (Lipinski definition) is 1. The first-order valence-electron chi connectivity index (χ1n) is 7.69. The van der Waals surface area contributed by atoms with Crippen molar-refractivity contribution in [2.75, 3.05) is 13.1 Å². The lowest BCUT2D eigenvalue weighted by atomic mass is 9.75. The van der Waals surface area contributed by atoms with Crippen LogP contribution >= 0.6 is 15.9 Å². The molecule has 0 saturated carbocycles. The van der Waals surface area contributed by atoms with Crippen LogP contribution in [0.4, 0.5) is 0 Å². The third kappa shape index (κ3) is 2.93. The molecule has 2 atom stereocenters. The first kappa shape index (κ1) is 14.8. The van der Waals surface area contributed by atoms with Crippen LogP contribution in [0.5, 0.6) is 0 Å². The zero-order valence-corrected chi connectivity index (χ0v) is 14.3. The maximum absolute atomic E-state index is 3.74. The quantitative estimate of drug-likeness (QED) is 0.815. The van der Waals surface area contributed by atoms with E-state index in [0.29, 0.717) is 11.8 Å². The van der Waals surface area contributed by atoms with Crippen molar-refractivity contribution in [2.24, 2.45) is 0 Å². The van der Waals surface area contributed by atoms with Gasteiger partial charge in [-0.2, -0.15) is 0 Å². The first-order chi connectivity index (χ1) is 10.2. The molecule has 1 N–H and O–H groups in total. The highest BCUT2D eigenvalue weighted by molar-refractivity contribution is 9.10. The minimum Gasteiger partial charge on any atom is -0.316 e. The van der Waals surface area contributed by atoms with Crippen LogP contribution in [0.3, 0.4) is 0 Å². The van der Waals surface area contributed by atoms with Crippen molar-refractivity contribution in [3.8, 4) is 0 Å². The van der Waals surface area contributed by atoms with Gasteiger partial charge in [0.15, 0.2) is 0 Å². The Balaban J connectivity index is 2.05. The normalized spacial score (nSPS) is 22.2. The minimum atomic E-state index is 0.536. The molecule has 3 rings (SSSR count). The lowest BCUT2D eigenvalue weighted by Crippen LogP contribution is -2.34. The summed E-state index contributed by atoms with van der Waals surface area (Å²) in [5.41, 5.74) is 5.84. The molecule has 1 aliphatic heterocycles. The van der Waals surface area contributed by atoms with Gasteiger partial charge < -0.3 is 5.32 Å². The van der Waals surface area contributed by atoms with Crippen molar-refractivity contribution in [3.63, 3.8) is 0 Å². The fraction of sp³-hybridized carbons (Fsp3) is 0.368. The Hall–Kier alpha value is -1.12. The summed E-state index contributed by atoms with van der Waals surface area (Å²) in [5.74, 6) is 1.14. The van der Waals surface area contributed by atoms with E-state index in [1.807, 2.05) is 0 Å². The molecule has 2 unspecified atom stereocenters. The Labute approximate surface area is 135 Å². The van der Waals surface area contributed by atoms with Gasteiger partial charge in [-0.3, -0.25) is 0 Å². The Morgan fingerprint density at radius 2 is 1.67 bits per heavy atom. The lowest BCUT2D eigenvalue weighted by molar-refractivity contribution is 0.401. The van der Waals surface area contributed by atoms with Crippen LogP contribution in [0.1, 0.15) is 40.5 Å². The molecule has 1 fully saturated rings. The Kier molecular flexibility index (Phi) is 4.46. The molecular formula is C19H22BrN. The van der Waals surface area contributed by atoms with E-state index >= 15 is 0 Å². The molecule has 1 aliphatic rings. The molecule has 0 spiro atoms. The van der Waals surface area contributed by atoms with Crippen LogP contribution in [0.25, 0.3) is 0 Å². The topological polar surface area (TPSA) is 12.0 Å². The van der Waals surface area contributed by atoms with Gasteiger partial charge >= 0.3 is 0 Å². The molecule has 0 aromatic heterocycles. The molecule has 1 saturated heterocycles. The van der Waals surface area contributed by atoms with E-state index in [1.165, 1.54) is 27.6 Å². The van der Waals surface area contributed by atoms with Crippen molar-refractivity contribution in [1.82, 2.24) is 5.32 Å². The van der Waals surface area contributed by atoms with Crippen molar-refractivity contribution in [3.05, 3.63) is 69.2 Å². The average molecular weight is 344 g/mol. The van der Waals surface area contributed by atoms with Gasteiger partial charge in [-0.05, 0) is 61.1 Å². The monoisotopic (exact) mass is 343 g/mol. The molecule has 2 heteroatoms. The van der Waals surface area contributed by atoms with E-state index in [0.717, 1.165) is 13.1 Å². The number of nitrogens with one attached hydrogen (secondary N) is 1. The van der Waals surface area contributed by atoms with E-state index in [2.05, 4.69) is 77.6 Å². The van der Waals surface area contributed by atoms with Gasteiger partial charge in [0.25, 0.3) is 0 Å². The van der Waals surface area contributed by atoms with Crippen molar-refractivity contribution >= 4 is 15.9 Å². The standard InChI is InChI=1S/C19H22BrN/c1-13-6-5-7-14(2)19(13)16-10-11-21-12-17(16)15-8-3-4-9-18(15)20/h3-9,16-17,21H,10-12H2,1-2H3. The summed E-state index contributed by atoms with van der Waals surface area (Å²) in [6, 6.07) is 15.3. The Morgan fingerprint density at radius 3 is 2.38 bits per heavy atom. The zero-order valence-electron chi connectivity index (χ0n) is 12.7. The third-order valence-electron chi connectivity index (χ3n) is 4.70. The average Bonchev–Trinajstić information content (AvgIpc) is 2.48. The van der Waals surface area contributed by atoms with E-state index < -0.39 is 0 Å². The summed E-state index contributed by atoms with van der Waals surface area (Å²) in [6.07, 6.45) is 1.21. The van der Waals surface area contributed by atoms with Crippen LogP contribution in [-0.4, -0.2) is 13.1 Å². The van der Waals surface area contributed by atoms with E-state index in [-0.39, 0.29) is 0 Å². The van der Waals surface area contributed by atoms with Gasteiger partial charge in [0.1, 0.15) is 0 Å². The first-order valence-corrected chi connectivity index (χ1v) is 8.49. The molecular weight excluding hydrogens is 322 g/mol. The molecule has 0 radical (unpaired) electrons. The largest absolute Gasteiger partial charge is 0.316 e. The smallest absolute Gasteiger partial charge is 0.0210 e. The second kappa shape index (κ2) is 6.33. The molecule has 1 nitrogen and oxygen atoms in total. The van der Waals surface area contributed by atoms with E-state index in [4.69, 9.17) is 0 Å². The highest BCUT2D eigenvalue weighted by Crippen LogP contribution is 2.42. The summed E-state index contributed by atoms with van der Waals surface area (Å²) < 4.78 is 1.23. The van der Waals surface area contributed by atoms with Crippen LogP contribution in [0.2, 0.25) is 0 Å². The highest BCUT2D eigenvalue weighted by atomic mass is 79.9. The molecule has 0 amide bonds. The summed E-state index contributed by atoms with van der Waals surface area (Å²) in [7, 11) is 0. The van der Waals surface area contributed by atoms with Crippen LogP contribution in [0.15, 0.2) is 46.9 Å². The molecule has 0 aliphatic carbocycles. The van der Waals surface area contributed by atoms with Gasteiger partial charge in [-0.1, -0.05) is 52.3 Å². The van der Waals surface area contributed by atoms with Gasteiger partial charge in [0.05, 0.1) is 0 Å². The number of benzene rings is 2. The van der Waals surface area contributed by atoms with Crippen molar-refractivity contribution in [1.29, 1.82) is 0 Å². The van der Waals surface area contributed by atoms with Crippen molar-refractivity contribution in [2.45, 2.75) is 32.1 Å². The maximum atomic E-state index is 3.74. The maximum Gasteiger partial charge on any atom is 0.0210 e. The fourth-order valence-corrected chi connectivity index (χ4v) is 4.30. The highest BCUT2D eigenvalue weighted by Gasteiger charge is 2.30. The fourth-order valence-electron chi connectivity index (χ4n) is 3.72. The Morgan fingerprint density at radius 1 is 0.952 bits per heavy atom. The molecule has 1 heterocycles. The molecule has 2 aromatic carbocycles. The second-order valence-electron chi connectivity index (χ2n) is 6.03. The molecule has 21 heavy (non-hydrogen) atoms. The predicted octanol–water partition coefficient (Wildman–Crippen LogP) is 4.93. The summed E-state index contributed by atoms with van der Waals surface area (Å²) in [5, 5.41) is 3.58. The number of hydrogen-bond donors (Lipinski definition) is 1. The van der Waals surface area contributed by atoms with Crippen LogP contribution in [-0.2, 0) is 0 Å². The van der Waals surface area contributed by atoms with E-state index in [9.17, 15) is 0 Å².